The first-order valence-electron chi connectivity index (χ1n) is 3.68. The van der Waals surface area contributed by atoms with Crippen molar-refractivity contribution >= 4 is 5.97 Å². The molecule has 0 amide bonds. The molecule has 0 bridgehead atoms. The van der Waals surface area contributed by atoms with Gasteiger partial charge in [0.2, 0.25) is 0 Å². The third-order valence-electron chi connectivity index (χ3n) is 1.96. The first kappa shape index (κ1) is 8.27. The minimum atomic E-state index is -0.763. The van der Waals surface area contributed by atoms with Crippen LogP contribution in [0.2, 0.25) is 0 Å². The normalized spacial score (nSPS) is 30.3. The average Bonchev–Trinajstić information content (AvgIpc) is 2.04. The summed E-state index contributed by atoms with van der Waals surface area (Å²) in [7, 11) is 1.54. The maximum atomic E-state index is 10.6. The van der Waals surface area contributed by atoms with Gasteiger partial charge in [-0.2, -0.15) is 0 Å². The summed E-state index contributed by atoms with van der Waals surface area (Å²) in [4.78, 5) is 10.6. The zero-order valence-corrected chi connectivity index (χ0v) is 6.49. The summed E-state index contributed by atoms with van der Waals surface area (Å²) in [6, 6.07) is 0. The van der Waals surface area contributed by atoms with Gasteiger partial charge in [0.1, 0.15) is 0 Å². The van der Waals surface area contributed by atoms with Crippen LogP contribution in [0.25, 0.3) is 0 Å². The van der Waals surface area contributed by atoms with Gasteiger partial charge in [0.15, 0.2) is 0 Å². The van der Waals surface area contributed by atoms with E-state index in [1.165, 1.54) is 7.11 Å². The highest BCUT2D eigenvalue weighted by Crippen LogP contribution is 2.20. The van der Waals surface area contributed by atoms with Crippen LogP contribution in [0.3, 0.4) is 0 Å². The van der Waals surface area contributed by atoms with Crippen LogP contribution in [0.15, 0.2) is 12.2 Å². The van der Waals surface area contributed by atoms with Crippen molar-refractivity contribution in [1.29, 1.82) is 0 Å². The monoisotopic (exact) mass is 156 g/mol. The molecule has 0 aromatic carbocycles. The SMILES string of the molecule is CO[C@@H]1C=CCC[C@@H]1C(=O)O. The molecule has 0 spiro atoms. The summed E-state index contributed by atoms with van der Waals surface area (Å²) >= 11 is 0. The number of rotatable bonds is 2. The molecule has 1 aliphatic rings. The summed E-state index contributed by atoms with van der Waals surface area (Å²) in [6.45, 7) is 0. The Morgan fingerprint density at radius 2 is 2.45 bits per heavy atom. The highest BCUT2D eigenvalue weighted by molar-refractivity contribution is 5.71. The van der Waals surface area contributed by atoms with Crippen LogP contribution in [0.1, 0.15) is 12.8 Å². The fraction of sp³-hybridized carbons (Fsp3) is 0.625. The van der Waals surface area contributed by atoms with E-state index < -0.39 is 5.97 Å². The summed E-state index contributed by atoms with van der Waals surface area (Å²) in [5, 5.41) is 8.73. The number of aliphatic carboxylic acids is 1. The summed E-state index contributed by atoms with van der Waals surface area (Å²) < 4.78 is 5.00. The first-order chi connectivity index (χ1) is 5.25. The Balaban J connectivity index is 2.63. The lowest BCUT2D eigenvalue weighted by atomic mass is 9.92. The molecule has 0 radical (unpaired) electrons. The maximum Gasteiger partial charge on any atom is 0.309 e. The van der Waals surface area contributed by atoms with Gasteiger partial charge >= 0.3 is 5.97 Å². The van der Waals surface area contributed by atoms with Gasteiger partial charge in [-0.3, -0.25) is 4.79 Å². The van der Waals surface area contributed by atoms with E-state index in [9.17, 15) is 4.79 Å². The Morgan fingerprint density at radius 3 is 2.91 bits per heavy atom. The molecular formula is C8H12O3. The van der Waals surface area contributed by atoms with Crippen molar-refractivity contribution < 1.29 is 14.6 Å². The smallest absolute Gasteiger partial charge is 0.309 e. The predicted octanol–water partition coefficient (Wildman–Crippen LogP) is 1.05. The molecule has 0 fully saturated rings. The quantitative estimate of drug-likeness (QED) is 0.608. The molecule has 0 unspecified atom stereocenters. The van der Waals surface area contributed by atoms with Gasteiger partial charge in [0.25, 0.3) is 0 Å². The summed E-state index contributed by atoms with van der Waals surface area (Å²) in [5.41, 5.74) is 0. The molecule has 0 aromatic rings. The second kappa shape index (κ2) is 3.53. The van der Waals surface area contributed by atoms with Gasteiger partial charge < -0.3 is 9.84 Å². The van der Waals surface area contributed by atoms with E-state index in [1.54, 1.807) is 0 Å². The molecule has 3 nitrogen and oxygen atoms in total. The molecule has 0 aromatic heterocycles. The van der Waals surface area contributed by atoms with Gasteiger partial charge in [-0.05, 0) is 12.8 Å². The lowest BCUT2D eigenvalue weighted by Gasteiger charge is -2.22. The van der Waals surface area contributed by atoms with E-state index in [0.29, 0.717) is 6.42 Å². The molecule has 3 heteroatoms. The zero-order valence-electron chi connectivity index (χ0n) is 6.49. The second-order valence-corrected chi connectivity index (χ2v) is 2.65. The molecule has 0 aliphatic heterocycles. The lowest BCUT2D eigenvalue weighted by molar-refractivity contribution is -0.145. The van der Waals surface area contributed by atoms with E-state index in [1.807, 2.05) is 12.2 Å². The minimum Gasteiger partial charge on any atom is -0.481 e. The molecule has 62 valence electrons. The van der Waals surface area contributed by atoms with Crippen LogP contribution in [-0.4, -0.2) is 24.3 Å². The largest absolute Gasteiger partial charge is 0.481 e. The number of methoxy groups -OCH3 is 1. The van der Waals surface area contributed by atoms with Crippen molar-refractivity contribution in [3.05, 3.63) is 12.2 Å². The van der Waals surface area contributed by atoms with Crippen LogP contribution in [0, 0.1) is 5.92 Å². The van der Waals surface area contributed by atoms with Crippen molar-refractivity contribution in [3.63, 3.8) is 0 Å². The highest BCUT2D eigenvalue weighted by atomic mass is 16.5. The van der Waals surface area contributed by atoms with E-state index in [2.05, 4.69) is 0 Å². The number of allylic oxidation sites excluding steroid dienone is 1. The highest BCUT2D eigenvalue weighted by Gasteiger charge is 2.27. The maximum absolute atomic E-state index is 10.6. The second-order valence-electron chi connectivity index (χ2n) is 2.65. The van der Waals surface area contributed by atoms with Crippen LogP contribution in [0.4, 0.5) is 0 Å². The molecule has 11 heavy (non-hydrogen) atoms. The van der Waals surface area contributed by atoms with Crippen molar-refractivity contribution in [2.45, 2.75) is 18.9 Å². The Hall–Kier alpha value is -0.830. The van der Waals surface area contributed by atoms with E-state index in [0.717, 1.165) is 6.42 Å². The Morgan fingerprint density at radius 1 is 1.73 bits per heavy atom. The lowest BCUT2D eigenvalue weighted by Crippen LogP contribution is -2.29. The van der Waals surface area contributed by atoms with E-state index in [-0.39, 0.29) is 12.0 Å². The number of carboxylic acids is 1. The molecule has 0 saturated heterocycles. The fourth-order valence-corrected chi connectivity index (χ4v) is 1.31. The molecule has 1 N–H and O–H groups in total. The van der Waals surface area contributed by atoms with Gasteiger partial charge in [-0.1, -0.05) is 12.2 Å². The predicted molar refractivity (Wildman–Crippen MR) is 40.3 cm³/mol. The molecular weight excluding hydrogens is 144 g/mol. The third-order valence-corrected chi connectivity index (χ3v) is 1.96. The number of ether oxygens (including phenoxy) is 1. The standard InChI is InChI=1S/C8H12O3/c1-11-7-5-3-2-4-6(7)8(9)10/h3,5-7H,2,4H2,1H3,(H,9,10)/t6-,7+/m0/s1. The van der Waals surface area contributed by atoms with Crippen LogP contribution in [-0.2, 0) is 9.53 Å². The Bertz CT molecular complexity index is 174. The number of hydrogen-bond acceptors (Lipinski definition) is 2. The topological polar surface area (TPSA) is 46.5 Å². The third kappa shape index (κ3) is 1.80. The van der Waals surface area contributed by atoms with Gasteiger partial charge in [-0.15, -0.1) is 0 Å². The van der Waals surface area contributed by atoms with Gasteiger partial charge in [0.05, 0.1) is 12.0 Å². The van der Waals surface area contributed by atoms with Crippen molar-refractivity contribution in [1.82, 2.24) is 0 Å². The van der Waals surface area contributed by atoms with Crippen molar-refractivity contribution in [2.24, 2.45) is 5.92 Å². The number of hydrogen-bond donors (Lipinski definition) is 1. The molecule has 2 atom stereocenters. The fourth-order valence-electron chi connectivity index (χ4n) is 1.31. The van der Waals surface area contributed by atoms with Gasteiger partial charge in [-0.25, -0.2) is 0 Å². The Labute approximate surface area is 65.7 Å². The molecule has 0 heterocycles. The molecule has 1 aliphatic carbocycles. The van der Waals surface area contributed by atoms with Crippen LogP contribution in [0.5, 0.6) is 0 Å². The van der Waals surface area contributed by atoms with E-state index >= 15 is 0 Å². The van der Waals surface area contributed by atoms with E-state index in [4.69, 9.17) is 9.84 Å². The van der Waals surface area contributed by atoms with Crippen LogP contribution >= 0.6 is 0 Å². The van der Waals surface area contributed by atoms with Crippen molar-refractivity contribution in [2.75, 3.05) is 7.11 Å². The summed E-state index contributed by atoms with van der Waals surface area (Å²) in [5.74, 6) is -1.12. The molecule has 1 rings (SSSR count). The number of carbonyl (C=O) groups is 1. The molecule has 0 saturated carbocycles. The zero-order chi connectivity index (χ0) is 8.27. The number of carboxylic acid groups (broad SMARTS) is 1. The van der Waals surface area contributed by atoms with Gasteiger partial charge in [0, 0.05) is 7.11 Å². The first-order valence-corrected chi connectivity index (χ1v) is 3.68. The van der Waals surface area contributed by atoms with Crippen LogP contribution < -0.4 is 0 Å². The minimum absolute atomic E-state index is 0.235. The Kier molecular flexibility index (Phi) is 2.65. The summed E-state index contributed by atoms with van der Waals surface area (Å²) in [6.07, 6.45) is 5.08. The van der Waals surface area contributed by atoms with Crippen molar-refractivity contribution in [3.8, 4) is 0 Å². The average molecular weight is 156 g/mol.